The smallest absolute Gasteiger partial charge is 0.108 e. The van der Waals surface area contributed by atoms with Gasteiger partial charge in [-0.05, 0) is 25.7 Å². The van der Waals surface area contributed by atoms with Crippen LogP contribution >= 0.6 is 0 Å². The van der Waals surface area contributed by atoms with Crippen LogP contribution in [0.2, 0.25) is 0 Å². The Balaban J connectivity index is 0.000000535. The first kappa shape index (κ1) is 24.9. The van der Waals surface area contributed by atoms with Gasteiger partial charge in [0.1, 0.15) is 5.67 Å². The van der Waals surface area contributed by atoms with Gasteiger partial charge < -0.3 is 0 Å². The van der Waals surface area contributed by atoms with Crippen molar-refractivity contribution in [3.8, 4) is 0 Å². The zero-order valence-corrected chi connectivity index (χ0v) is 18.2. The van der Waals surface area contributed by atoms with Crippen LogP contribution in [0.4, 0.5) is 4.39 Å². The zero-order chi connectivity index (χ0) is 18.8. The van der Waals surface area contributed by atoms with Crippen LogP contribution < -0.4 is 0 Å². The summed E-state index contributed by atoms with van der Waals surface area (Å²) >= 11 is 0. The molecule has 1 aliphatic rings. The standard InChI is InChI=1S/C16H34.C8H15F/c1-3-5-7-9-11-13-15-16-14-12-10-8-6-4-2;1-7-4-3-5-8(2,9)6-7/h3-16H2,1-2H3;7H,3-6H2,1-2H3. The fourth-order valence-corrected chi connectivity index (χ4v) is 4.02. The molecule has 1 saturated carbocycles. The minimum Gasteiger partial charge on any atom is -0.244 e. The van der Waals surface area contributed by atoms with E-state index in [-0.39, 0.29) is 0 Å². The molecule has 0 saturated heterocycles. The van der Waals surface area contributed by atoms with E-state index in [9.17, 15) is 4.39 Å². The molecule has 1 fully saturated rings. The maximum Gasteiger partial charge on any atom is 0.108 e. The van der Waals surface area contributed by atoms with E-state index >= 15 is 0 Å². The lowest BCUT2D eigenvalue weighted by atomic mass is 9.81. The first-order chi connectivity index (χ1) is 12.0. The lowest BCUT2D eigenvalue weighted by Crippen LogP contribution is -2.25. The van der Waals surface area contributed by atoms with Crippen LogP contribution in [-0.4, -0.2) is 5.67 Å². The maximum absolute atomic E-state index is 13.1. The molecule has 0 spiro atoms. The Morgan fingerprint density at radius 2 is 1.08 bits per heavy atom. The molecule has 152 valence electrons. The van der Waals surface area contributed by atoms with E-state index in [1.165, 1.54) is 96.3 Å². The number of hydrogen-bond acceptors (Lipinski definition) is 0. The van der Waals surface area contributed by atoms with Crippen molar-refractivity contribution in [2.75, 3.05) is 0 Å². The molecule has 0 aromatic rings. The normalized spacial score (nSPS) is 23.2. The Morgan fingerprint density at radius 1 is 0.720 bits per heavy atom. The van der Waals surface area contributed by atoms with Gasteiger partial charge in [-0.2, -0.15) is 0 Å². The molecule has 0 N–H and O–H groups in total. The summed E-state index contributed by atoms with van der Waals surface area (Å²) in [5.41, 5.74) is -0.850. The number of hydrogen-bond donors (Lipinski definition) is 0. The minimum absolute atomic E-state index is 0.605. The summed E-state index contributed by atoms with van der Waals surface area (Å²) in [6.45, 7) is 8.44. The summed E-state index contributed by atoms with van der Waals surface area (Å²) in [5, 5.41) is 0. The fraction of sp³-hybridized carbons (Fsp3) is 1.00. The number of rotatable bonds is 13. The molecule has 2 unspecified atom stereocenters. The van der Waals surface area contributed by atoms with Crippen LogP contribution in [0.1, 0.15) is 143 Å². The van der Waals surface area contributed by atoms with E-state index in [4.69, 9.17) is 0 Å². The van der Waals surface area contributed by atoms with Crippen LogP contribution in [0.25, 0.3) is 0 Å². The number of alkyl halides is 1. The Bertz CT molecular complexity index is 245. The topological polar surface area (TPSA) is 0 Å². The van der Waals surface area contributed by atoms with Crippen molar-refractivity contribution in [1.82, 2.24) is 0 Å². The Morgan fingerprint density at radius 3 is 1.32 bits per heavy atom. The van der Waals surface area contributed by atoms with Gasteiger partial charge in [-0.25, -0.2) is 4.39 Å². The second-order valence-electron chi connectivity index (χ2n) is 8.86. The minimum atomic E-state index is -0.850. The highest BCUT2D eigenvalue weighted by Gasteiger charge is 2.29. The fourth-order valence-electron chi connectivity index (χ4n) is 4.02. The van der Waals surface area contributed by atoms with E-state index in [0.29, 0.717) is 5.92 Å². The highest BCUT2D eigenvalue weighted by molar-refractivity contribution is 4.80. The van der Waals surface area contributed by atoms with E-state index in [1.807, 2.05) is 0 Å². The monoisotopic (exact) mass is 356 g/mol. The summed E-state index contributed by atoms with van der Waals surface area (Å²) in [7, 11) is 0. The van der Waals surface area contributed by atoms with Crippen molar-refractivity contribution >= 4 is 0 Å². The highest BCUT2D eigenvalue weighted by atomic mass is 19.1. The summed E-state index contributed by atoms with van der Waals surface area (Å²) in [5.74, 6) is 0.605. The average molecular weight is 357 g/mol. The summed E-state index contributed by atoms with van der Waals surface area (Å²) in [6, 6.07) is 0. The molecule has 1 heteroatoms. The van der Waals surface area contributed by atoms with Gasteiger partial charge in [0.2, 0.25) is 0 Å². The second kappa shape index (κ2) is 17.3. The second-order valence-corrected chi connectivity index (χ2v) is 8.86. The maximum atomic E-state index is 13.1. The van der Waals surface area contributed by atoms with Gasteiger partial charge in [0.25, 0.3) is 0 Å². The van der Waals surface area contributed by atoms with Crippen LogP contribution in [0.15, 0.2) is 0 Å². The van der Waals surface area contributed by atoms with Gasteiger partial charge in [0.05, 0.1) is 0 Å². The van der Waals surface area contributed by atoms with Gasteiger partial charge in [-0.3, -0.25) is 0 Å². The van der Waals surface area contributed by atoms with Gasteiger partial charge in [0.15, 0.2) is 0 Å². The molecule has 0 radical (unpaired) electrons. The molecule has 0 aliphatic heterocycles. The Kier molecular flexibility index (Phi) is 17.3. The molecule has 0 heterocycles. The molecule has 25 heavy (non-hydrogen) atoms. The lowest BCUT2D eigenvalue weighted by molar-refractivity contribution is 0.100. The molecule has 0 bridgehead atoms. The zero-order valence-electron chi connectivity index (χ0n) is 18.2. The van der Waals surface area contributed by atoms with Crippen molar-refractivity contribution in [3.63, 3.8) is 0 Å². The van der Waals surface area contributed by atoms with Crippen molar-refractivity contribution in [1.29, 1.82) is 0 Å². The largest absolute Gasteiger partial charge is 0.244 e. The number of unbranched alkanes of at least 4 members (excludes halogenated alkanes) is 13. The first-order valence-electron chi connectivity index (χ1n) is 11.7. The SMILES string of the molecule is CC1CCCC(C)(F)C1.CCCCCCCCCCCCCCCC. The van der Waals surface area contributed by atoms with Crippen molar-refractivity contribution < 1.29 is 4.39 Å². The van der Waals surface area contributed by atoms with Crippen LogP contribution in [0.5, 0.6) is 0 Å². The van der Waals surface area contributed by atoms with Gasteiger partial charge in [-0.15, -0.1) is 0 Å². The summed E-state index contributed by atoms with van der Waals surface area (Å²) in [4.78, 5) is 0. The van der Waals surface area contributed by atoms with Gasteiger partial charge in [-0.1, -0.05) is 124 Å². The van der Waals surface area contributed by atoms with Crippen LogP contribution in [-0.2, 0) is 0 Å². The molecular weight excluding hydrogens is 307 g/mol. The van der Waals surface area contributed by atoms with Crippen molar-refractivity contribution in [2.24, 2.45) is 5.92 Å². The van der Waals surface area contributed by atoms with Crippen molar-refractivity contribution in [2.45, 2.75) is 149 Å². The lowest BCUT2D eigenvalue weighted by Gasteiger charge is -2.29. The molecule has 0 aromatic carbocycles. The molecule has 1 rings (SSSR count). The Labute approximate surface area is 159 Å². The van der Waals surface area contributed by atoms with E-state index < -0.39 is 5.67 Å². The van der Waals surface area contributed by atoms with E-state index in [0.717, 1.165) is 19.3 Å². The average Bonchev–Trinajstić information content (AvgIpc) is 2.55. The third-order valence-electron chi connectivity index (χ3n) is 5.63. The van der Waals surface area contributed by atoms with Crippen LogP contribution in [0, 0.1) is 5.92 Å². The molecule has 0 amide bonds. The third-order valence-corrected chi connectivity index (χ3v) is 5.63. The molecule has 2 atom stereocenters. The molecule has 0 aromatic heterocycles. The predicted molar refractivity (Wildman–Crippen MR) is 113 cm³/mol. The van der Waals surface area contributed by atoms with Crippen molar-refractivity contribution in [3.05, 3.63) is 0 Å². The first-order valence-corrected chi connectivity index (χ1v) is 11.7. The predicted octanol–water partition coefficient (Wildman–Crippen LogP) is 9.41. The van der Waals surface area contributed by atoms with E-state index in [1.54, 1.807) is 6.92 Å². The summed E-state index contributed by atoms with van der Waals surface area (Å²) < 4.78 is 13.1. The molecule has 0 nitrogen and oxygen atoms in total. The van der Waals surface area contributed by atoms with Gasteiger partial charge in [0, 0.05) is 0 Å². The molecule has 1 aliphatic carbocycles. The Hall–Kier alpha value is -0.0700. The third kappa shape index (κ3) is 18.5. The molecular formula is C24H49F. The quantitative estimate of drug-likeness (QED) is 0.288. The summed E-state index contributed by atoms with van der Waals surface area (Å²) in [6.07, 6.45) is 24.3. The van der Waals surface area contributed by atoms with Crippen LogP contribution in [0.3, 0.4) is 0 Å². The number of halogens is 1. The van der Waals surface area contributed by atoms with Gasteiger partial charge >= 0.3 is 0 Å². The van der Waals surface area contributed by atoms with E-state index in [2.05, 4.69) is 20.8 Å². The highest BCUT2D eigenvalue weighted by Crippen LogP contribution is 2.34.